The lowest BCUT2D eigenvalue weighted by atomic mass is 10.1. The van der Waals surface area contributed by atoms with Crippen LogP contribution in [-0.4, -0.2) is 33.6 Å². The molecule has 30 heavy (non-hydrogen) atoms. The van der Waals surface area contributed by atoms with Crippen LogP contribution in [0.3, 0.4) is 0 Å². The summed E-state index contributed by atoms with van der Waals surface area (Å²) in [6.07, 6.45) is 3.68. The van der Waals surface area contributed by atoms with E-state index in [0.717, 1.165) is 29.5 Å². The van der Waals surface area contributed by atoms with Gasteiger partial charge in [0.1, 0.15) is 10.7 Å². The van der Waals surface area contributed by atoms with Gasteiger partial charge in [0.2, 0.25) is 5.91 Å². The van der Waals surface area contributed by atoms with E-state index >= 15 is 0 Å². The predicted molar refractivity (Wildman–Crippen MR) is 125 cm³/mol. The van der Waals surface area contributed by atoms with Crippen LogP contribution in [0, 0.1) is 13.8 Å². The van der Waals surface area contributed by atoms with Crippen LogP contribution in [-0.2, 0) is 29.9 Å². The summed E-state index contributed by atoms with van der Waals surface area (Å²) in [5.41, 5.74) is 4.83. The van der Waals surface area contributed by atoms with E-state index < -0.39 is 0 Å². The number of aromatic amines is 1. The van der Waals surface area contributed by atoms with E-state index in [1.54, 1.807) is 28.0 Å². The second kappa shape index (κ2) is 8.94. The molecule has 0 saturated heterocycles. The van der Waals surface area contributed by atoms with Gasteiger partial charge in [-0.15, -0.1) is 11.3 Å². The van der Waals surface area contributed by atoms with Crippen molar-refractivity contribution in [2.45, 2.75) is 51.8 Å². The molecule has 0 fully saturated rings. The molecular weight excluding hydrogens is 414 g/mol. The first-order valence-electron chi connectivity index (χ1n) is 10.3. The molecule has 1 aliphatic carbocycles. The quantitative estimate of drug-likeness (QED) is 0.553. The molecular formula is C23H27N3O2S2. The molecule has 0 atom stereocenters. The van der Waals surface area contributed by atoms with E-state index in [2.05, 4.69) is 42.0 Å². The summed E-state index contributed by atoms with van der Waals surface area (Å²) in [5, 5.41) is 0.796. The Labute approximate surface area is 184 Å². The van der Waals surface area contributed by atoms with E-state index in [9.17, 15) is 9.59 Å². The van der Waals surface area contributed by atoms with Crippen molar-refractivity contribution in [3.05, 3.63) is 61.5 Å². The fourth-order valence-corrected chi connectivity index (χ4v) is 6.08. The number of fused-ring (bicyclic) bond motifs is 3. The Balaban J connectivity index is 1.29. The number of rotatable bonds is 7. The molecule has 0 unspecified atom stereocenters. The number of H-pyrrole nitrogens is 1. The minimum atomic E-state index is -0.0146. The smallest absolute Gasteiger partial charge is 0.259 e. The molecule has 5 nitrogen and oxygen atoms in total. The van der Waals surface area contributed by atoms with E-state index in [0.29, 0.717) is 30.3 Å². The number of amides is 1. The second-order valence-electron chi connectivity index (χ2n) is 8.03. The van der Waals surface area contributed by atoms with Gasteiger partial charge in [0, 0.05) is 30.6 Å². The Hall–Kier alpha value is -2.12. The van der Waals surface area contributed by atoms with Gasteiger partial charge in [-0.1, -0.05) is 23.8 Å². The molecule has 1 N–H and O–H groups in total. The number of thioether (sulfide) groups is 1. The fraction of sp³-hybridized carbons (Fsp3) is 0.435. The summed E-state index contributed by atoms with van der Waals surface area (Å²) in [6.45, 7) is 4.79. The number of hydrogen-bond donors (Lipinski definition) is 1. The summed E-state index contributed by atoms with van der Waals surface area (Å²) in [6, 6.07) is 6.33. The minimum Gasteiger partial charge on any atom is -0.341 e. The highest BCUT2D eigenvalue weighted by atomic mass is 32.2. The first-order valence-corrected chi connectivity index (χ1v) is 12.3. The summed E-state index contributed by atoms with van der Waals surface area (Å²) < 4.78 is 0. The molecule has 7 heteroatoms. The lowest BCUT2D eigenvalue weighted by molar-refractivity contribution is -0.129. The van der Waals surface area contributed by atoms with Crippen LogP contribution in [0.1, 0.15) is 45.8 Å². The molecule has 3 aromatic rings. The van der Waals surface area contributed by atoms with Crippen molar-refractivity contribution >= 4 is 39.2 Å². The minimum absolute atomic E-state index is 0.0146. The number of aryl methyl sites for hydroxylation is 4. The maximum Gasteiger partial charge on any atom is 0.259 e. The highest BCUT2D eigenvalue weighted by Crippen LogP contribution is 2.34. The zero-order valence-electron chi connectivity index (χ0n) is 17.7. The monoisotopic (exact) mass is 441 g/mol. The van der Waals surface area contributed by atoms with Gasteiger partial charge >= 0.3 is 0 Å². The number of carbonyl (C=O) groups excluding carboxylic acids is 1. The highest BCUT2D eigenvalue weighted by molar-refractivity contribution is 7.98. The molecule has 1 amide bonds. The number of benzene rings is 1. The van der Waals surface area contributed by atoms with Crippen molar-refractivity contribution in [3.8, 4) is 0 Å². The third kappa shape index (κ3) is 4.47. The Morgan fingerprint density at radius 1 is 1.30 bits per heavy atom. The molecule has 4 rings (SSSR count). The Morgan fingerprint density at radius 3 is 2.93 bits per heavy atom. The second-order valence-corrected chi connectivity index (χ2v) is 10.2. The molecule has 0 spiro atoms. The molecule has 0 bridgehead atoms. The van der Waals surface area contributed by atoms with E-state index in [-0.39, 0.29) is 11.5 Å². The summed E-state index contributed by atoms with van der Waals surface area (Å²) in [7, 11) is 1.86. The largest absolute Gasteiger partial charge is 0.341 e. The van der Waals surface area contributed by atoms with Crippen LogP contribution < -0.4 is 5.56 Å². The van der Waals surface area contributed by atoms with E-state index in [1.807, 2.05) is 7.05 Å². The van der Waals surface area contributed by atoms with Gasteiger partial charge in [-0.2, -0.15) is 11.8 Å². The number of nitrogens with one attached hydrogen (secondary N) is 1. The van der Waals surface area contributed by atoms with Gasteiger partial charge in [-0.3, -0.25) is 9.59 Å². The summed E-state index contributed by atoms with van der Waals surface area (Å²) in [4.78, 5) is 36.6. The van der Waals surface area contributed by atoms with Crippen LogP contribution in [0.2, 0.25) is 0 Å². The first-order chi connectivity index (χ1) is 14.4. The van der Waals surface area contributed by atoms with Crippen LogP contribution in [0.4, 0.5) is 0 Å². The standard InChI is InChI=1S/C23H27N3O2S2/c1-14-7-8-16(15(2)11-14)12-26(3)20(27)9-10-29-13-19-24-22(28)21-17-5-4-6-18(17)30-23(21)25-19/h7-8,11H,4-6,9-10,12-13H2,1-3H3,(H,24,25,28). The van der Waals surface area contributed by atoms with Gasteiger partial charge in [0.15, 0.2) is 0 Å². The topological polar surface area (TPSA) is 66.1 Å². The van der Waals surface area contributed by atoms with Gasteiger partial charge in [-0.05, 0) is 49.8 Å². The van der Waals surface area contributed by atoms with Crippen molar-refractivity contribution in [2.24, 2.45) is 0 Å². The molecule has 2 heterocycles. The van der Waals surface area contributed by atoms with Gasteiger partial charge < -0.3 is 9.88 Å². The zero-order chi connectivity index (χ0) is 21.3. The lowest BCUT2D eigenvalue weighted by Crippen LogP contribution is -2.26. The Morgan fingerprint density at radius 2 is 2.13 bits per heavy atom. The average Bonchev–Trinajstić information content (AvgIpc) is 3.28. The van der Waals surface area contributed by atoms with Crippen LogP contribution in [0.15, 0.2) is 23.0 Å². The van der Waals surface area contributed by atoms with Crippen molar-refractivity contribution in [2.75, 3.05) is 12.8 Å². The number of hydrogen-bond acceptors (Lipinski definition) is 5. The van der Waals surface area contributed by atoms with Crippen LogP contribution in [0.5, 0.6) is 0 Å². The van der Waals surface area contributed by atoms with Crippen LogP contribution >= 0.6 is 23.1 Å². The van der Waals surface area contributed by atoms with Gasteiger partial charge in [0.25, 0.3) is 5.56 Å². The van der Waals surface area contributed by atoms with Gasteiger partial charge in [0.05, 0.1) is 11.1 Å². The molecule has 1 aromatic carbocycles. The average molecular weight is 442 g/mol. The van der Waals surface area contributed by atoms with Gasteiger partial charge in [-0.25, -0.2) is 4.98 Å². The molecule has 2 aromatic heterocycles. The van der Waals surface area contributed by atoms with Crippen molar-refractivity contribution in [1.82, 2.24) is 14.9 Å². The molecule has 0 aliphatic heterocycles. The fourth-order valence-electron chi connectivity index (χ4n) is 4.00. The zero-order valence-corrected chi connectivity index (χ0v) is 19.3. The Bertz CT molecular complexity index is 1150. The maximum absolute atomic E-state index is 12.5. The van der Waals surface area contributed by atoms with Crippen molar-refractivity contribution in [3.63, 3.8) is 0 Å². The molecule has 0 radical (unpaired) electrons. The highest BCUT2D eigenvalue weighted by Gasteiger charge is 2.21. The predicted octanol–water partition coefficient (Wildman–Crippen LogP) is 4.37. The Kier molecular flexibility index (Phi) is 6.29. The normalized spacial score (nSPS) is 13.0. The third-order valence-electron chi connectivity index (χ3n) is 5.65. The van der Waals surface area contributed by atoms with E-state index in [1.165, 1.54) is 27.1 Å². The SMILES string of the molecule is Cc1ccc(CN(C)C(=O)CCSCc2nc3sc4c(c3c(=O)[nH]2)CCC4)c(C)c1. The number of nitrogens with zero attached hydrogens (tertiary/aromatic N) is 2. The summed E-state index contributed by atoms with van der Waals surface area (Å²) >= 11 is 3.30. The number of thiophene rings is 1. The molecule has 0 saturated carbocycles. The van der Waals surface area contributed by atoms with Crippen LogP contribution in [0.25, 0.3) is 10.2 Å². The third-order valence-corrected chi connectivity index (χ3v) is 7.81. The van der Waals surface area contributed by atoms with Crippen molar-refractivity contribution in [1.29, 1.82) is 0 Å². The first kappa shape index (κ1) is 21.1. The summed E-state index contributed by atoms with van der Waals surface area (Å²) in [5.74, 6) is 2.16. The lowest BCUT2D eigenvalue weighted by Gasteiger charge is -2.18. The van der Waals surface area contributed by atoms with E-state index in [4.69, 9.17) is 0 Å². The molecule has 158 valence electrons. The maximum atomic E-state index is 12.5. The number of aromatic nitrogens is 2. The molecule has 1 aliphatic rings. The van der Waals surface area contributed by atoms with Crippen molar-refractivity contribution < 1.29 is 4.79 Å². The number of carbonyl (C=O) groups is 1.